The summed E-state index contributed by atoms with van der Waals surface area (Å²) in [7, 11) is 4.55. The number of hydrogen-bond donors (Lipinski definition) is 9. The molecule has 10 N–H and O–H groups in total. The summed E-state index contributed by atoms with van der Waals surface area (Å²) in [6, 6.07) is 8.75. The van der Waals surface area contributed by atoms with E-state index in [4.69, 9.17) is 30.3 Å². The van der Waals surface area contributed by atoms with Crippen molar-refractivity contribution in [2.75, 3.05) is 64.7 Å². The average molecular weight is 1100 g/mol. The van der Waals surface area contributed by atoms with Crippen molar-refractivity contribution in [2.45, 2.75) is 137 Å². The number of halogens is 2. The van der Waals surface area contributed by atoms with Gasteiger partial charge in [0.2, 0.25) is 18.2 Å². The Bertz CT molecular complexity index is 2370. The average Bonchev–Trinajstić information content (AvgIpc) is 3.81. The Kier molecular flexibility index (Phi) is 34.1. The van der Waals surface area contributed by atoms with E-state index in [2.05, 4.69) is 55.4 Å². The molecule has 3 saturated carbocycles. The fourth-order valence-corrected chi connectivity index (χ4v) is 8.01. The molecule has 0 radical (unpaired) electrons. The Morgan fingerprint density at radius 3 is 2.13 bits per heavy atom. The molecule has 3 amide bonds. The van der Waals surface area contributed by atoms with Crippen LogP contribution in [0.5, 0.6) is 0 Å². The van der Waals surface area contributed by atoms with Gasteiger partial charge < -0.3 is 65.8 Å². The van der Waals surface area contributed by atoms with E-state index in [1.54, 1.807) is 27.8 Å². The van der Waals surface area contributed by atoms with Crippen molar-refractivity contribution in [3.63, 3.8) is 0 Å². The number of pyridine rings is 1. The molecule has 436 valence electrons. The fourth-order valence-electron chi connectivity index (χ4n) is 8.01. The number of fused-ring (bicyclic) bond motifs is 4. The highest BCUT2D eigenvalue weighted by Gasteiger charge is 2.36. The third-order valence-corrected chi connectivity index (χ3v) is 12.4. The Balaban J connectivity index is 0.000000612. The number of aliphatic hydroxyl groups is 1. The largest absolute Gasteiger partial charge is 0.400 e. The molecule has 3 unspecified atom stereocenters. The van der Waals surface area contributed by atoms with Gasteiger partial charge in [-0.05, 0) is 95.5 Å². The first-order chi connectivity index (χ1) is 37.3. The molecule has 0 spiro atoms. The maximum Gasteiger partial charge on any atom is 0.234 e. The van der Waals surface area contributed by atoms with Crippen LogP contribution in [0.1, 0.15) is 112 Å². The molecular weight excluding hydrogens is 1010 g/mol. The van der Waals surface area contributed by atoms with Crippen LogP contribution in [-0.4, -0.2) is 145 Å². The summed E-state index contributed by atoms with van der Waals surface area (Å²) in [4.78, 5) is 76.2. The Morgan fingerprint density at radius 1 is 0.936 bits per heavy atom. The number of nitrogens with one attached hydrogen (secondary N) is 6. The number of likely N-dealkylation sites (N-methyl/N-ethyl adjacent to an activating group) is 1. The minimum Gasteiger partial charge on any atom is -0.400 e. The van der Waals surface area contributed by atoms with Gasteiger partial charge in [0.05, 0.1) is 49.8 Å². The normalized spacial score (nSPS) is 15.9. The number of hydroxylamine groups is 1. The first-order valence-corrected chi connectivity index (χ1v) is 26.3. The molecule has 3 fully saturated rings. The number of nitrogens with zero attached hydrogens (tertiary/aromatic N) is 4. The number of aliphatic hydroxyl groups excluding tert-OH is 1. The number of benzene rings is 1. The van der Waals surface area contributed by atoms with E-state index in [-0.39, 0.29) is 54.7 Å². The lowest BCUT2D eigenvalue weighted by molar-refractivity contribution is -0.132. The van der Waals surface area contributed by atoms with Crippen LogP contribution in [-0.2, 0) is 44.8 Å². The fraction of sp³-hybridized carbons (Fsp3) is 0.582. The summed E-state index contributed by atoms with van der Waals surface area (Å²) in [5.41, 5.74) is 9.15. The zero-order chi connectivity index (χ0) is 58.7. The minimum absolute atomic E-state index is 0.165. The molecule has 3 aliphatic rings. The Morgan fingerprint density at radius 2 is 1.59 bits per heavy atom. The maximum absolute atomic E-state index is 14.7. The third-order valence-electron chi connectivity index (χ3n) is 12.4. The lowest BCUT2D eigenvalue weighted by atomic mass is 9.68. The smallest absolute Gasteiger partial charge is 0.234 e. The first kappa shape index (κ1) is 69.6. The molecule has 21 nitrogen and oxygen atoms in total. The molecule has 3 aromatic heterocycles. The highest BCUT2D eigenvalue weighted by Crippen LogP contribution is 2.42. The summed E-state index contributed by atoms with van der Waals surface area (Å²) in [6.45, 7) is 15.8. The highest BCUT2D eigenvalue weighted by atomic mass is 19.1. The number of carbonyl (C=O) groups is 6. The van der Waals surface area contributed by atoms with Crippen LogP contribution in [0, 0.1) is 28.9 Å². The summed E-state index contributed by atoms with van der Waals surface area (Å²) in [6.07, 6.45) is 14.9. The Hall–Kier alpha value is -6.37. The molecule has 3 aliphatic carbocycles. The van der Waals surface area contributed by atoms with Gasteiger partial charge in [0.15, 0.2) is 17.5 Å². The van der Waals surface area contributed by atoms with Crippen molar-refractivity contribution in [2.24, 2.45) is 23.0 Å². The molecule has 3 atom stereocenters. The molecule has 2 bridgehead atoms. The van der Waals surface area contributed by atoms with Crippen molar-refractivity contribution in [1.29, 1.82) is 0 Å². The third kappa shape index (κ3) is 25.4. The molecule has 4 aromatic rings. The number of amides is 3. The number of aldehydes is 3. The van der Waals surface area contributed by atoms with E-state index in [1.165, 1.54) is 56.0 Å². The van der Waals surface area contributed by atoms with Gasteiger partial charge in [-0.15, -0.1) is 0 Å². The predicted octanol–water partition coefficient (Wildman–Crippen LogP) is 5.74. The van der Waals surface area contributed by atoms with Crippen molar-refractivity contribution in [1.82, 2.24) is 40.9 Å². The summed E-state index contributed by atoms with van der Waals surface area (Å²) in [5.74, 6) is 0.568. The molecule has 0 aliphatic heterocycles. The van der Waals surface area contributed by atoms with Gasteiger partial charge in [-0.2, -0.15) is 0 Å². The van der Waals surface area contributed by atoms with Crippen molar-refractivity contribution >= 4 is 59.6 Å². The van der Waals surface area contributed by atoms with E-state index in [1.807, 2.05) is 55.9 Å². The van der Waals surface area contributed by atoms with E-state index in [9.17, 15) is 32.8 Å². The molecule has 3 heterocycles. The zero-order valence-electron chi connectivity index (χ0n) is 47.2. The number of hydrogen-bond acceptors (Lipinski definition) is 17. The maximum atomic E-state index is 14.7. The zero-order valence-corrected chi connectivity index (χ0v) is 47.2. The van der Waals surface area contributed by atoms with Gasteiger partial charge >= 0.3 is 0 Å². The molecule has 23 heteroatoms. The topological polar surface area (TPSA) is 303 Å². The van der Waals surface area contributed by atoms with Crippen LogP contribution < -0.4 is 37.8 Å². The number of aromatic nitrogens is 4. The minimum atomic E-state index is -0.667. The van der Waals surface area contributed by atoms with Crippen LogP contribution in [0.3, 0.4) is 0 Å². The van der Waals surface area contributed by atoms with E-state index < -0.39 is 23.1 Å². The standard InChI is InChI=1S/C27H28F2N6.C17H32N2O5.C6H12N2O2.C3H8.CH3NO2.CH4O/c1-30-20-8-4-17(5-9-20)14-35-15-22(21-11-19(28)12-32-27(21)35)25-31-13-23(29)26(34-25)33-24-10-16-2-6-18(24)7-3-16;1-16(2,15(22)19-14(12-21)6-5-8-20)7-9-23-10-11-24-17(3,4)13-18;1-5(4-9)8-6(10)3-7-2;1-3-2;3-1-2-4;1-2/h4-5,8-9,11-13,15-16,18,24,30H,2-3,6-7,10,14H2,1H3,(H,31,33,34);8,12,14H,5-7,9-11,13,18H2,1-4H3,(H,19,22);4-5,7H,3H2,1-2H3,(H,8,10);3H2,1-2H3;1,4H,(H,2,3);2H,1H3. The first-order valence-electron chi connectivity index (χ1n) is 26.3. The summed E-state index contributed by atoms with van der Waals surface area (Å²) in [5, 5.41) is 29.1. The number of rotatable bonds is 25. The van der Waals surface area contributed by atoms with Gasteiger partial charge in [-0.25, -0.2) is 29.2 Å². The van der Waals surface area contributed by atoms with E-state index in [0.29, 0.717) is 86.7 Å². The van der Waals surface area contributed by atoms with Gasteiger partial charge in [0.1, 0.15) is 30.3 Å². The number of carbonyl (C=O) groups excluding carboxylic acids is 6. The van der Waals surface area contributed by atoms with Crippen LogP contribution in [0.25, 0.3) is 22.4 Å². The van der Waals surface area contributed by atoms with Gasteiger partial charge in [-0.1, -0.05) is 59.1 Å². The van der Waals surface area contributed by atoms with Crippen LogP contribution >= 0.6 is 0 Å². The quantitative estimate of drug-likeness (QED) is 0.0165. The molecule has 7 rings (SSSR count). The number of ether oxygens (including phenoxy) is 2. The second-order valence-corrected chi connectivity index (χ2v) is 19.8. The monoisotopic (exact) mass is 1100 g/mol. The Labute approximate surface area is 458 Å². The van der Waals surface area contributed by atoms with E-state index in [0.717, 1.165) is 37.0 Å². The van der Waals surface area contributed by atoms with Crippen LogP contribution in [0.15, 0.2) is 48.9 Å². The predicted molar refractivity (Wildman–Crippen MR) is 298 cm³/mol. The van der Waals surface area contributed by atoms with Crippen LogP contribution in [0.4, 0.5) is 20.3 Å². The highest BCUT2D eigenvalue weighted by molar-refractivity contribution is 5.92. The number of anilines is 2. The number of nitrogens with two attached hydrogens (primary N) is 1. The van der Waals surface area contributed by atoms with E-state index >= 15 is 0 Å². The SMILES string of the molecule is CC(C)(CN)OCCOCCC(C)(C)C(=O)NC(C=O)CCC=O.CCC.CNCC(=O)NC(C)C=O.CNc1ccc(Cn2cc(-c3ncc(F)c(NC4CC5CCC4CC5)n3)c3cc(F)cnc32)cc1.CO.O=CNO. The van der Waals surface area contributed by atoms with Crippen LogP contribution in [0.2, 0.25) is 0 Å². The molecule has 78 heavy (non-hydrogen) atoms. The molecule has 0 saturated heterocycles. The molecule has 1 aromatic carbocycles. The lowest BCUT2D eigenvalue weighted by Crippen LogP contribution is -2.44. The summed E-state index contributed by atoms with van der Waals surface area (Å²) >= 11 is 0. The van der Waals surface area contributed by atoms with Gasteiger partial charge in [-0.3, -0.25) is 19.6 Å². The second kappa shape index (κ2) is 38.2. The van der Waals surface area contributed by atoms with Crippen molar-refractivity contribution in [3.8, 4) is 11.4 Å². The van der Waals surface area contributed by atoms with Crippen molar-refractivity contribution < 1.29 is 57.3 Å². The summed E-state index contributed by atoms with van der Waals surface area (Å²) < 4.78 is 42.0. The van der Waals surface area contributed by atoms with Crippen molar-refractivity contribution in [3.05, 3.63) is 66.1 Å². The lowest BCUT2D eigenvalue weighted by Gasteiger charge is -2.42. The van der Waals surface area contributed by atoms with Gasteiger partial charge in [0, 0.05) is 74.6 Å². The second-order valence-electron chi connectivity index (χ2n) is 19.8. The van der Waals surface area contributed by atoms with Gasteiger partial charge in [0.25, 0.3) is 0 Å². The molecular formula is C55H87F2N11O10.